The molecular formula is C30H32N6O4. The highest BCUT2D eigenvalue weighted by Gasteiger charge is 2.27. The summed E-state index contributed by atoms with van der Waals surface area (Å²) in [5.74, 6) is 0.361. The number of nitrogens with zero attached hydrogens (tertiary/aromatic N) is 5. The second-order valence-electron chi connectivity index (χ2n) is 10.5. The van der Waals surface area contributed by atoms with E-state index in [-0.39, 0.29) is 17.7 Å². The van der Waals surface area contributed by atoms with Gasteiger partial charge in [-0.1, -0.05) is 67.0 Å². The van der Waals surface area contributed by atoms with Gasteiger partial charge in [0.2, 0.25) is 5.78 Å². The lowest BCUT2D eigenvalue weighted by atomic mass is 9.92. The van der Waals surface area contributed by atoms with Gasteiger partial charge < -0.3 is 5.11 Å². The molecule has 1 aliphatic rings. The molecule has 3 aromatic heterocycles. The van der Waals surface area contributed by atoms with Crippen LogP contribution in [0.5, 0.6) is 0 Å². The van der Waals surface area contributed by atoms with Crippen molar-refractivity contribution in [2.45, 2.75) is 70.4 Å². The first kappa shape index (κ1) is 25.9. The number of aliphatic hydroxyl groups excluding tert-OH is 1. The van der Waals surface area contributed by atoms with E-state index < -0.39 is 5.76 Å². The highest BCUT2D eigenvalue weighted by atomic mass is 16.5. The number of aliphatic hydroxyl groups is 1. The van der Waals surface area contributed by atoms with Crippen molar-refractivity contribution in [1.29, 1.82) is 0 Å². The standard InChI is InChI=1S/C30H32N6O4/c1-2-3-8-26-25(28(38)35(29-31-18-32-36(26)29)21-13-15-22(37)16-14-21)17-19-9-11-20(12-10-19)23-6-4-5-7-24(23)27-33-30(39)40-34-27/h4-7,9-12,18,21-22,37H,2-3,8,13-17H2,1H3,(H,33,34,39). The number of nitrogens with one attached hydrogen (secondary N) is 1. The first-order chi connectivity index (χ1) is 19.5. The van der Waals surface area contributed by atoms with Crippen molar-refractivity contribution >= 4 is 5.78 Å². The molecule has 0 bridgehead atoms. The molecule has 1 saturated carbocycles. The summed E-state index contributed by atoms with van der Waals surface area (Å²) in [5.41, 5.74) is 5.28. The molecule has 0 spiro atoms. The fourth-order valence-corrected chi connectivity index (χ4v) is 5.80. The Bertz CT molecular complexity index is 1740. The fourth-order valence-electron chi connectivity index (χ4n) is 5.80. The molecule has 1 fully saturated rings. The molecule has 10 nitrogen and oxygen atoms in total. The lowest BCUT2D eigenvalue weighted by molar-refractivity contribution is 0.110. The normalized spacial score (nSPS) is 17.4. The smallest absolute Gasteiger partial charge is 0.393 e. The lowest BCUT2D eigenvalue weighted by Gasteiger charge is -2.28. The lowest BCUT2D eigenvalue weighted by Crippen LogP contribution is -2.34. The number of aromatic amines is 1. The number of H-pyrrole nitrogens is 1. The van der Waals surface area contributed by atoms with Crippen LogP contribution in [0.4, 0.5) is 0 Å². The predicted molar refractivity (Wildman–Crippen MR) is 150 cm³/mol. The predicted octanol–water partition coefficient (Wildman–Crippen LogP) is 4.31. The summed E-state index contributed by atoms with van der Waals surface area (Å²) in [6, 6.07) is 15.8. The molecule has 2 N–H and O–H groups in total. The van der Waals surface area contributed by atoms with E-state index in [0.29, 0.717) is 30.9 Å². The molecule has 1 aliphatic carbocycles. The second-order valence-corrected chi connectivity index (χ2v) is 10.5. The Morgan fingerprint density at radius 3 is 2.48 bits per heavy atom. The minimum absolute atomic E-state index is 0.0107. The second kappa shape index (κ2) is 11.1. The molecule has 0 amide bonds. The SMILES string of the molecule is CCCCc1c(Cc2ccc(-c3ccccc3-c3noc(=O)[nH]3)cc2)c(=O)n(C2CCC(O)CC2)c2ncnn12. The first-order valence-corrected chi connectivity index (χ1v) is 13.9. The van der Waals surface area contributed by atoms with E-state index in [0.717, 1.165) is 65.6 Å². The zero-order valence-corrected chi connectivity index (χ0v) is 22.4. The van der Waals surface area contributed by atoms with Gasteiger partial charge in [0.15, 0.2) is 5.82 Å². The Labute approximate surface area is 230 Å². The van der Waals surface area contributed by atoms with Crippen molar-refractivity contribution in [2.24, 2.45) is 0 Å². The Balaban J connectivity index is 1.38. The van der Waals surface area contributed by atoms with Crippen LogP contribution in [0.1, 0.15) is 68.3 Å². The molecule has 5 aromatic rings. The molecule has 3 heterocycles. The molecule has 0 radical (unpaired) electrons. The maximum atomic E-state index is 14.1. The number of hydrogen-bond acceptors (Lipinski definition) is 7. The van der Waals surface area contributed by atoms with Gasteiger partial charge in [-0.25, -0.2) is 9.31 Å². The molecule has 0 aliphatic heterocycles. The minimum atomic E-state index is -0.599. The first-order valence-electron chi connectivity index (χ1n) is 13.9. The van der Waals surface area contributed by atoms with Crippen LogP contribution in [0.25, 0.3) is 28.3 Å². The van der Waals surface area contributed by atoms with Gasteiger partial charge in [-0.15, -0.1) is 0 Å². The summed E-state index contributed by atoms with van der Waals surface area (Å²) in [5, 5.41) is 18.4. The molecule has 10 heteroatoms. The van der Waals surface area contributed by atoms with Gasteiger partial charge >= 0.3 is 5.76 Å². The van der Waals surface area contributed by atoms with Crippen LogP contribution in [0.2, 0.25) is 0 Å². The Hall–Kier alpha value is -4.31. The molecule has 0 atom stereocenters. The monoisotopic (exact) mass is 540 g/mol. The summed E-state index contributed by atoms with van der Waals surface area (Å²) < 4.78 is 8.37. The van der Waals surface area contributed by atoms with Gasteiger partial charge in [0.25, 0.3) is 5.56 Å². The summed E-state index contributed by atoms with van der Waals surface area (Å²) in [6.45, 7) is 2.14. The van der Waals surface area contributed by atoms with Gasteiger partial charge in [-0.05, 0) is 55.2 Å². The van der Waals surface area contributed by atoms with E-state index >= 15 is 0 Å². The average Bonchev–Trinajstić information content (AvgIpc) is 3.63. The van der Waals surface area contributed by atoms with Gasteiger partial charge in [0.1, 0.15) is 6.33 Å². The van der Waals surface area contributed by atoms with Crippen LogP contribution in [-0.4, -0.2) is 40.5 Å². The molecule has 40 heavy (non-hydrogen) atoms. The molecule has 0 saturated heterocycles. The van der Waals surface area contributed by atoms with E-state index in [1.54, 1.807) is 0 Å². The molecular weight excluding hydrogens is 508 g/mol. The van der Waals surface area contributed by atoms with Crippen LogP contribution < -0.4 is 11.3 Å². The van der Waals surface area contributed by atoms with Crippen LogP contribution in [0.15, 0.2) is 69.0 Å². The van der Waals surface area contributed by atoms with E-state index in [1.807, 2.05) is 57.6 Å². The largest absolute Gasteiger partial charge is 0.439 e. The molecule has 6 rings (SSSR count). The summed E-state index contributed by atoms with van der Waals surface area (Å²) >= 11 is 0. The van der Waals surface area contributed by atoms with Gasteiger partial charge in [-0.2, -0.15) is 10.1 Å². The molecule has 206 valence electrons. The summed E-state index contributed by atoms with van der Waals surface area (Å²) in [7, 11) is 0. The van der Waals surface area contributed by atoms with Crippen molar-refractivity contribution in [2.75, 3.05) is 0 Å². The van der Waals surface area contributed by atoms with E-state index in [1.165, 1.54) is 6.33 Å². The number of rotatable bonds is 8. The maximum absolute atomic E-state index is 14.1. The van der Waals surface area contributed by atoms with Crippen molar-refractivity contribution < 1.29 is 9.63 Å². The summed E-state index contributed by atoms with van der Waals surface area (Å²) in [6.07, 6.45) is 7.21. The third kappa shape index (κ3) is 4.90. The number of aryl methyl sites for hydroxylation is 1. The van der Waals surface area contributed by atoms with E-state index in [9.17, 15) is 14.7 Å². The molecule has 0 unspecified atom stereocenters. The van der Waals surface area contributed by atoms with Crippen molar-refractivity contribution in [3.05, 3.63) is 92.6 Å². The fraction of sp³-hybridized carbons (Fsp3) is 0.367. The van der Waals surface area contributed by atoms with Crippen LogP contribution in [0.3, 0.4) is 0 Å². The number of aromatic nitrogens is 6. The maximum Gasteiger partial charge on any atom is 0.439 e. The molecule has 2 aromatic carbocycles. The topological polar surface area (TPSA) is 131 Å². The van der Waals surface area contributed by atoms with Crippen LogP contribution in [-0.2, 0) is 12.8 Å². The highest BCUT2D eigenvalue weighted by molar-refractivity contribution is 5.80. The quantitative estimate of drug-likeness (QED) is 0.300. The zero-order valence-electron chi connectivity index (χ0n) is 22.4. The third-order valence-electron chi connectivity index (χ3n) is 7.89. The van der Waals surface area contributed by atoms with Gasteiger partial charge in [-0.3, -0.25) is 18.9 Å². The number of fused-ring (bicyclic) bond motifs is 1. The third-order valence-corrected chi connectivity index (χ3v) is 7.89. The van der Waals surface area contributed by atoms with Gasteiger partial charge in [0, 0.05) is 23.6 Å². The number of unbranched alkanes of at least 4 members (excludes halogenated alkanes) is 1. The van der Waals surface area contributed by atoms with E-state index in [2.05, 4.69) is 27.1 Å². The van der Waals surface area contributed by atoms with Crippen molar-refractivity contribution in [3.63, 3.8) is 0 Å². The summed E-state index contributed by atoms with van der Waals surface area (Å²) in [4.78, 5) is 32.8. The minimum Gasteiger partial charge on any atom is -0.393 e. The number of hydrogen-bond donors (Lipinski definition) is 2. The number of benzene rings is 2. The van der Waals surface area contributed by atoms with Gasteiger partial charge in [0.05, 0.1) is 11.8 Å². The van der Waals surface area contributed by atoms with Crippen molar-refractivity contribution in [3.8, 4) is 22.5 Å². The average molecular weight is 541 g/mol. The Morgan fingerprint density at radius 2 is 1.77 bits per heavy atom. The van der Waals surface area contributed by atoms with Crippen LogP contribution in [0, 0.1) is 0 Å². The highest BCUT2D eigenvalue weighted by Crippen LogP contribution is 2.31. The Morgan fingerprint density at radius 1 is 1.02 bits per heavy atom. The van der Waals surface area contributed by atoms with E-state index in [4.69, 9.17) is 4.52 Å². The Kier molecular flexibility index (Phi) is 7.17. The zero-order chi connectivity index (χ0) is 27.6. The van der Waals surface area contributed by atoms with Crippen molar-refractivity contribution in [1.82, 2.24) is 29.3 Å². The van der Waals surface area contributed by atoms with Crippen LogP contribution >= 0.6 is 0 Å².